The molecule has 0 aliphatic heterocycles. The van der Waals surface area contributed by atoms with Crippen LogP contribution in [0.3, 0.4) is 0 Å². The fourth-order valence-corrected chi connectivity index (χ4v) is 0.328. The topological polar surface area (TPSA) is 37.3 Å². The zero-order chi connectivity index (χ0) is 5.70. The molecule has 1 N–H and O–H groups in total. The van der Waals surface area contributed by atoms with Gasteiger partial charge in [0.05, 0.1) is 0 Å². The zero-order valence-corrected chi connectivity index (χ0v) is 7.39. The van der Waals surface area contributed by atoms with Crippen LogP contribution in [0.5, 0.6) is 0 Å². The molecular weight excluding hydrogens is 132 g/mol. The molecule has 0 unspecified atom stereocenters. The molecule has 0 fully saturated rings. The summed E-state index contributed by atoms with van der Waals surface area (Å²) in [6.07, 6.45) is 2.08. The van der Waals surface area contributed by atoms with Crippen LogP contribution < -0.4 is 0 Å². The van der Waals surface area contributed by atoms with Crippen molar-refractivity contribution < 1.29 is 9.90 Å². The fourth-order valence-electron chi connectivity index (χ4n) is 0.328. The minimum Gasteiger partial charge on any atom is -0.481 e. The van der Waals surface area contributed by atoms with Crippen molar-refractivity contribution in [3.05, 3.63) is 0 Å². The van der Waals surface area contributed by atoms with Gasteiger partial charge >= 0.3 is 5.97 Å². The summed E-state index contributed by atoms with van der Waals surface area (Å²) in [5.74, 6) is -0.693. The molecule has 0 saturated heterocycles. The molecule has 0 aliphatic rings. The standard InChI is InChI=1S/C5H10O2.Ca/c1-2-3-4-5(6)7;/h2-4H2,1H3,(H,6,7);. The largest absolute Gasteiger partial charge is 0.481 e. The Labute approximate surface area is 79.3 Å². The van der Waals surface area contributed by atoms with E-state index in [-0.39, 0.29) is 37.7 Å². The van der Waals surface area contributed by atoms with E-state index in [9.17, 15) is 4.79 Å². The van der Waals surface area contributed by atoms with Crippen LogP contribution in [0.15, 0.2) is 0 Å². The molecule has 2 radical (unpaired) electrons. The van der Waals surface area contributed by atoms with Crippen molar-refractivity contribution in [3.8, 4) is 0 Å². The SMILES string of the molecule is CCCCC(=O)O.[Ca]. The van der Waals surface area contributed by atoms with E-state index in [0.29, 0.717) is 6.42 Å². The Hall–Kier alpha value is 0.730. The van der Waals surface area contributed by atoms with Crippen molar-refractivity contribution in [2.45, 2.75) is 26.2 Å². The van der Waals surface area contributed by atoms with Gasteiger partial charge in [0.1, 0.15) is 0 Å². The average Bonchev–Trinajstić information content (AvgIpc) is 1.61. The number of aliphatic carboxylic acids is 1. The van der Waals surface area contributed by atoms with Gasteiger partial charge in [0.2, 0.25) is 0 Å². The monoisotopic (exact) mass is 142 g/mol. The molecule has 0 spiro atoms. The van der Waals surface area contributed by atoms with E-state index in [1.807, 2.05) is 6.92 Å². The number of hydrogen-bond donors (Lipinski definition) is 1. The van der Waals surface area contributed by atoms with E-state index in [1.54, 1.807) is 0 Å². The van der Waals surface area contributed by atoms with E-state index < -0.39 is 5.97 Å². The van der Waals surface area contributed by atoms with Crippen LogP contribution in [0.1, 0.15) is 26.2 Å². The normalized spacial score (nSPS) is 7.62. The Morgan fingerprint density at radius 2 is 2.12 bits per heavy atom. The number of rotatable bonds is 3. The van der Waals surface area contributed by atoms with E-state index in [1.165, 1.54) is 0 Å². The third-order valence-electron chi connectivity index (χ3n) is 0.744. The molecule has 2 nitrogen and oxygen atoms in total. The second-order valence-electron chi connectivity index (χ2n) is 1.50. The van der Waals surface area contributed by atoms with Gasteiger partial charge in [-0.25, -0.2) is 0 Å². The van der Waals surface area contributed by atoms with Crippen LogP contribution >= 0.6 is 0 Å². The van der Waals surface area contributed by atoms with Crippen LogP contribution in [0.25, 0.3) is 0 Å². The Kier molecular flexibility index (Phi) is 11.1. The molecule has 0 saturated carbocycles. The second kappa shape index (κ2) is 7.73. The van der Waals surface area contributed by atoms with Gasteiger partial charge in [-0.05, 0) is 6.42 Å². The molecule has 0 heterocycles. The number of carboxylic acids is 1. The molecule has 0 aromatic heterocycles. The fraction of sp³-hybridized carbons (Fsp3) is 0.800. The Balaban J connectivity index is 0. The first-order chi connectivity index (χ1) is 3.27. The van der Waals surface area contributed by atoms with Crippen LogP contribution in [-0.4, -0.2) is 48.8 Å². The van der Waals surface area contributed by atoms with Crippen molar-refractivity contribution >= 4 is 43.7 Å². The van der Waals surface area contributed by atoms with E-state index in [2.05, 4.69) is 0 Å². The van der Waals surface area contributed by atoms with Crippen molar-refractivity contribution in [3.63, 3.8) is 0 Å². The van der Waals surface area contributed by atoms with E-state index >= 15 is 0 Å². The molecule has 0 amide bonds. The summed E-state index contributed by atoms with van der Waals surface area (Å²) < 4.78 is 0. The summed E-state index contributed by atoms with van der Waals surface area (Å²) in [6.45, 7) is 1.98. The zero-order valence-electron chi connectivity index (χ0n) is 5.18. The summed E-state index contributed by atoms with van der Waals surface area (Å²) >= 11 is 0. The van der Waals surface area contributed by atoms with Gasteiger partial charge in [0.15, 0.2) is 0 Å². The molecule has 3 heteroatoms. The van der Waals surface area contributed by atoms with Gasteiger partial charge in [0.25, 0.3) is 0 Å². The molecular formula is C5H10CaO2. The molecule has 0 rings (SSSR count). The van der Waals surface area contributed by atoms with Crippen LogP contribution in [0, 0.1) is 0 Å². The Morgan fingerprint density at radius 3 is 2.25 bits per heavy atom. The van der Waals surface area contributed by atoms with Gasteiger partial charge < -0.3 is 5.11 Å². The molecule has 0 bridgehead atoms. The number of hydrogen-bond acceptors (Lipinski definition) is 1. The van der Waals surface area contributed by atoms with Crippen molar-refractivity contribution in [2.75, 3.05) is 0 Å². The van der Waals surface area contributed by atoms with E-state index in [4.69, 9.17) is 5.11 Å². The number of carbonyl (C=O) groups is 1. The van der Waals surface area contributed by atoms with Gasteiger partial charge in [0, 0.05) is 44.2 Å². The maximum Gasteiger partial charge on any atom is 0.303 e. The predicted molar refractivity (Wildman–Crippen MR) is 32.9 cm³/mol. The summed E-state index contributed by atoms with van der Waals surface area (Å²) in [5.41, 5.74) is 0. The first-order valence-electron chi connectivity index (χ1n) is 2.49. The first-order valence-corrected chi connectivity index (χ1v) is 2.49. The van der Waals surface area contributed by atoms with Gasteiger partial charge in [-0.1, -0.05) is 13.3 Å². The Bertz CT molecular complexity index is 63.4. The van der Waals surface area contributed by atoms with Crippen LogP contribution in [-0.2, 0) is 4.79 Å². The van der Waals surface area contributed by atoms with Gasteiger partial charge in [-0.2, -0.15) is 0 Å². The van der Waals surface area contributed by atoms with Crippen molar-refractivity contribution in [2.24, 2.45) is 0 Å². The quantitative estimate of drug-likeness (QED) is 0.594. The minimum atomic E-state index is -0.693. The third kappa shape index (κ3) is 9.88. The van der Waals surface area contributed by atoms with Crippen LogP contribution in [0.2, 0.25) is 0 Å². The Morgan fingerprint density at radius 1 is 1.62 bits per heavy atom. The average molecular weight is 142 g/mol. The molecule has 0 aromatic carbocycles. The molecule has 44 valence electrons. The van der Waals surface area contributed by atoms with Crippen molar-refractivity contribution in [1.29, 1.82) is 0 Å². The third-order valence-corrected chi connectivity index (χ3v) is 0.744. The summed E-state index contributed by atoms with van der Waals surface area (Å²) in [6, 6.07) is 0. The number of unbranched alkanes of at least 4 members (excludes halogenated alkanes) is 1. The predicted octanol–water partition coefficient (Wildman–Crippen LogP) is 0.880. The molecule has 0 aliphatic carbocycles. The minimum absolute atomic E-state index is 0. The molecule has 8 heavy (non-hydrogen) atoms. The first kappa shape index (κ1) is 11.5. The maximum absolute atomic E-state index is 9.76. The van der Waals surface area contributed by atoms with Gasteiger partial charge in [-0.15, -0.1) is 0 Å². The molecule has 0 aromatic rings. The number of carboxylic acid groups (broad SMARTS) is 1. The van der Waals surface area contributed by atoms with E-state index in [0.717, 1.165) is 12.8 Å². The van der Waals surface area contributed by atoms with Crippen molar-refractivity contribution in [1.82, 2.24) is 0 Å². The van der Waals surface area contributed by atoms with Gasteiger partial charge in [-0.3, -0.25) is 4.79 Å². The molecule has 0 atom stereocenters. The maximum atomic E-state index is 9.76. The van der Waals surface area contributed by atoms with Crippen LogP contribution in [0.4, 0.5) is 0 Å². The summed E-state index contributed by atoms with van der Waals surface area (Å²) in [7, 11) is 0. The summed E-state index contributed by atoms with van der Waals surface area (Å²) in [4.78, 5) is 9.76. The smallest absolute Gasteiger partial charge is 0.303 e. The second-order valence-corrected chi connectivity index (χ2v) is 1.50. The summed E-state index contributed by atoms with van der Waals surface area (Å²) in [5, 5.41) is 8.04.